The molecule has 0 spiro atoms. The van der Waals surface area contributed by atoms with Crippen LogP contribution in [0.4, 0.5) is 16.4 Å². The molecule has 3 aromatic carbocycles. The van der Waals surface area contributed by atoms with Gasteiger partial charge in [-0.2, -0.15) is 5.26 Å². The molecule has 0 fully saturated rings. The number of thiocarbonyl (C=S) groups is 1. The topological polar surface area (TPSA) is 76.9 Å². The molecule has 0 saturated carbocycles. The molecule has 0 bridgehead atoms. The van der Waals surface area contributed by atoms with Crippen molar-refractivity contribution in [2.75, 3.05) is 21.7 Å². The Hall–Kier alpha value is -3.64. The lowest BCUT2D eigenvalue weighted by Gasteiger charge is -2.12. The summed E-state index contributed by atoms with van der Waals surface area (Å²) in [4.78, 5) is 13.6. The summed E-state index contributed by atoms with van der Waals surface area (Å²) in [5.41, 5.74) is 6.36. The zero-order valence-electron chi connectivity index (χ0n) is 19.8. The molecular formula is C28H24N4OS3. The van der Waals surface area contributed by atoms with Crippen molar-refractivity contribution in [3.8, 4) is 17.2 Å². The van der Waals surface area contributed by atoms with Crippen LogP contribution in [0.1, 0.15) is 16.7 Å². The summed E-state index contributed by atoms with van der Waals surface area (Å²) in [6.45, 7) is 4.06. The minimum Gasteiger partial charge on any atom is -0.332 e. The van der Waals surface area contributed by atoms with Crippen LogP contribution in [-0.4, -0.2) is 16.8 Å². The molecule has 0 radical (unpaired) electrons. The number of hydrogen-bond acceptors (Lipinski definition) is 5. The normalized spacial score (nSPS) is 10.4. The van der Waals surface area contributed by atoms with Crippen molar-refractivity contribution in [3.63, 3.8) is 0 Å². The molecule has 4 rings (SSSR count). The number of nitrogens with one attached hydrogen (secondary N) is 3. The number of thiophene rings is 1. The van der Waals surface area contributed by atoms with Crippen LogP contribution in [0.5, 0.6) is 0 Å². The highest BCUT2D eigenvalue weighted by Gasteiger charge is 2.15. The van der Waals surface area contributed by atoms with Crippen LogP contribution in [0.2, 0.25) is 0 Å². The van der Waals surface area contributed by atoms with E-state index in [1.165, 1.54) is 28.7 Å². The van der Waals surface area contributed by atoms with Gasteiger partial charge in [0.15, 0.2) is 5.11 Å². The molecular weight excluding hydrogens is 505 g/mol. The van der Waals surface area contributed by atoms with Gasteiger partial charge in [0.1, 0.15) is 11.1 Å². The highest BCUT2D eigenvalue weighted by Crippen LogP contribution is 2.35. The Morgan fingerprint density at radius 1 is 0.944 bits per heavy atom. The number of anilines is 3. The van der Waals surface area contributed by atoms with Crippen molar-refractivity contribution in [1.29, 1.82) is 5.26 Å². The Morgan fingerprint density at radius 3 is 2.31 bits per heavy atom. The maximum absolute atomic E-state index is 12.7. The van der Waals surface area contributed by atoms with Crippen LogP contribution in [0, 0.1) is 25.2 Å². The van der Waals surface area contributed by atoms with E-state index in [0.29, 0.717) is 15.7 Å². The first kappa shape index (κ1) is 25.5. The lowest BCUT2D eigenvalue weighted by atomic mass is 10.0. The van der Waals surface area contributed by atoms with Gasteiger partial charge in [-0.25, -0.2) is 0 Å². The predicted octanol–water partition coefficient (Wildman–Crippen LogP) is 7.44. The van der Waals surface area contributed by atoms with Crippen LogP contribution < -0.4 is 16.0 Å². The van der Waals surface area contributed by atoms with E-state index in [0.717, 1.165) is 33.0 Å². The second kappa shape index (κ2) is 11.9. The number of hydrogen-bond donors (Lipinski definition) is 3. The van der Waals surface area contributed by atoms with E-state index in [1.807, 2.05) is 92.0 Å². The predicted molar refractivity (Wildman–Crippen MR) is 156 cm³/mol. The molecule has 0 unspecified atom stereocenters. The standard InChI is InChI=1S/C28H24N4OS3/c1-18-6-10-20(11-7-18)25-16-36-27(24(25)15-29)32-26(33)17-35-23-5-3-4-22(14-23)31-28(34)30-21-12-8-19(2)9-13-21/h3-14,16H,17H2,1-2H3,(H,32,33)(H2,30,31,34). The van der Waals surface area contributed by atoms with E-state index in [-0.39, 0.29) is 11.7 Å². The lowest BCUT2D eigenvalue weighted by molar-refractivity contribution is -0.113. The Bertz CT molecular complexity index is 1420. The number of benzene rings is 3. The van der Waals surface area contributed by atoms with Gasteiger partial charge in [-0.1, -0.05) is 53.6 Å². The van der Waals surface area contributed by atoms with Gasteiger partial charge in [0.25, 0.3) is 0 Å². The van der Waals surface area contributed by atoms with Gasteiger partial charge >= 0.3 is 0 Å². The van der Waals surface area contributed by atoms with E-state index in [9.17, 15) is 10.1 Å². The first-order valence-electron chi connectivity index (χ1n) is 11.2. The number of aryl methyl sites for hydroxylation is 2. The second-order valence-electron chi connectivity index (χ2n) is 8.14. The van der Waals surface area contributed by atoms with Crippen molar-refractivity contribution >= 4 is 62.7 Å². The summed E-state index contributed by atoms with van der Waals surface area (Å²) in [7, 11) is 0. The molecule has 4 aromatic rings. The number of thioether (sulfide) groups is 1. The zero-order valence-corrected chi connectivity index (χ0v) is 22.2. The van der Waals surface area contributed by atoms with E-state index in [1.54, 1.807) is 0 Å². The average Bonchev–Trinajstić information content (AvgIpc) is 3.27. The fourth-order valence-electron chi connectivity index (χ4n) is 3.41. The minimum absolute atomic E-state index is 0.163. The van der Waals surface area contributed by atoms with Gasteiger partial charge in [0.05, 0.1) is 11.3 Å². The van der Waals surface area contributed by atoms with Crippen LogP contribution in [0.3, 0.4) is 0 Å². The Labute approximate surface area is 224 Å². The van der Waals surface area contributed by atoms with Gasteiger partial charge in [0.2, 0.25) is 5.91 Å². The number of rotatable bonds is 7. The van der Waals surface area contributed by atoms with E-state index < -0.39 is 0 Å². The molecule has 5 nitrogen and oxygen atoms in total. The van der Waals surface area contributed by atoms with E-state index >= 15 is 0 Å². The second-order valence-corrected chi connectivity index (χ2v) is 10.5. The number of carbonyl (C=O) groups is 1. The quantitative estimate of drug-likeness (QED) is 0.171. The third-order valence-corrected chi connectivity index (χ3v) is 7.38. The highest BCUT2D eigenvalue weighted by atomic mass is 32.2. The largest absolute Gasteiger partial charge is 0.332 e. The van der Waals surface area contributed by atoms with Crippen molar-refractivity contribution in [2.45, 2.75) is 18.7 Å². The number of amides is 1. The molecule has 0 aliphatic heterocycles. The molecule has 0 aliphatic rings. The van der Waals surface area contributed by atoms with Gasteiger partial charge in [0, 0.05) is 27.2 Å². The number of nitrogens with zero attached hydrogens (tertiary/aromatic N) is 1. The monoisotopic (exact) mass is 528 g/mol. The highest BCUT2D eigenvalue weighted by molar-refractivity contribution is 8.00. The van der Waals surface area contributed by atoms with Crippen molar-refractivity contribution in [3.05, 3.63) is 94.9 Å². The molecule has 3 N–H and O–H groups in total. The summed E-state index contributed by atoms with van der Waals surface area (Å²) < 4.78 is 0. The molecule has 0 atom stereocenters. The maximum atomic E-state index is 12.7. The third-order valence-electron chi connectivity index (χ3n) is 5.29. The van der Waals surface area contributed by atoms with Gasteiger partial charge < -0.3 is 16.0 Å². The fraction of sp³-hybridized carbons (Fsp3) is 0.107. The average molecular weight is 529 g/mol. The first-order chi connectivity index (χ1) is 17.4. The van der Waals surface area contributed by atoms with Gasteiger partial charge in [-0.3, -0.25) is 4.79 Å². The third kappa shape index (κ3) is 6.73. The lowest BCUT2D eigenvalue weighted by Crippen LogP contribution is -2.19. The Kier molecular flexibility index (Phi) is 8.39. The van der Waals surface area contributed by atoms with Crippen LogP contribution in [-0.2, 0) is 4.79 Å². The summed E-state index contributed by atoms with van der Waals surface area (Å²) in [5, 5.41) is 21.9. The Morgan fingerprint density at radius 2 is 1.61 bits per heavy atom. The van der Waals surface area contributed by atoms with Crippen LogP contribution in [0.25, 0.3) is 11.1 Å². The van der Waals surface area contributed by atoms with Crippen molar-refractivity contribution in [1.82, 2.24) is 0 Å². The first-order valence-corrected chi connectivity index (χ1v) is 13.4. The SMILES string of the molecule is Cc1ccc(NC(=S)Nc2cccc(SCC(=O)Nc3scc(-c4ccc(C)cc4)c3C#N)c2)cc1. The summed E-state index contributed by atoms with van der Waals surface area (Å²) in [6.07, 6.45) is 0. The number of carbonyl (C=O) groups excluding carboxylic acids is 1. The minimum atomic E-state index is -0.163. The molecule has 0 aliphatic carbocycles. The van der Waals surface area contributed by atoms with Crippen molar-refractivity contribution in [2.24, 2.45) is 0 Å². The molecule has 1 aromatic heterocycles. The molecule has 36 heavy (non-hydrogen) atoms. The molecule has 180 valence electrons. The van der Waals surface area contributed by atoms with E-state index in [2.05, 4.69) is 22.0 Å². The molecule has 1 amide bonds. The van der Waals surface area contributed by atoms with E-state index in [4.69, 9.17) is 12.2 Å². The van der Waals surface area contributed by atoms with Crippen molar-refractivity contribution < 1.29 is 4.79 Å². The van der Waals surface area contributed by atoms with Crippen LogP contribution in [0.15, 0.2) is 83.1 Å². The zero-order chi connectivity index (χ0) is 25.5. The summed E-state index contributed by atoms with van der Waals surface area (Å²) in [6, 6.07) is 26.0. The van der Waals surface area contributed by atoms with Gasteiger partial charge in [-0.05, 0) is 62.0 Å². The maximum Gasteiger partial charge on any atom is 0.235 e. The smallest absolute Gasteiger partial charge is 0.235 e. The fourth-order valence-corrected chi connectivity index (χ4v) is 5.34. The van der Waals surface area contributed by atoms with Gasteiger partial charge in [-0.15, -0.1) is 23.1 Å². The molecule has 0 saturated heterocycles. The van der Waals surface area contributed by atoms with Crippen LogP contribution >= 0.6 is 35.3 Å². The summed E-state index contributed by atoms with van der Waals surface area (Å²) >= 11 is 8.21. The molecule has 1 heterocycles. The Balaban J connectivity index is 1.33. The molecule has 8 heteroatoms. The number of nitriles is 1. The summed E-state index contributed by atoms with van der Waals surface area (Å²) in [5.74, 6) is 0.0572.